The Hall–Kier alpha value is -1.65. The molecule has 1 aromatic heterocycles. The minimum Gasteiger partial charge on any atom is -0.312 e. The van der Waals surface area contributed by atoms with E-state index in [1.807, 2.05) is 29.1 Å². The number of rotatable bonds is 3. The van der Waals surface area contributed by atoms with Crippen LogP contribution in [-0.2, 0) is 6.54 Å². The van der Waals surface area contributed by atoms with Crippen LogP contribution in [0.2, 0.25) is 0 Å². The maximum Gasteiger partial charge on any atom is 0.0769 e. The quantitative estimate of drug-likeness (QED) is 0.907. The van der Waals surface area contributed by atoms with Crippen LogP contribution in [0.5, 0.6) is 0 Å². The summed E-state index contributed by atoms with van der Waals surface area (Å²) < 4.78 is 1.95. The van der Waals surface area contributed by atoms with Crippen molar-refractivity contribution in [2.24, 2.45) is 0 Å². The Labute approximate surface area is 114 Å². The van der Waals surface area contributed by atoms with E-state index in [0.717, 1.165) is 37.6 Å². The smallest absolute Gasteiger partial charge is 0.0769 e. The molecule has 1 N–H and O–H groups in total. The minimum atomic E-state index is 0.574. The molecule has 19 heavy (non-hydrogen) atoms. The summed E-state index contributed by atoms with van der Waals surface area (Å²) in [5, 5.41) is 8.12. The van der Waals surface area contributed by atoms with E-state index in [2.05, 4.69) is 40.4 Å². The van der Waals surface area contributed by atoms with Crippen molar-refractivity contribution in [3.63, 3.8) is 0 Å². The van der Waals surface area contributed by atoms with Crippen molar-refractivity contribution in [3.8, 4) is 5.69 Å². The van der Waals surface area contributed by atoms with Crippen molar-refractivity contribution in [2.75, 3.05) is 19.6 Å². The van der Waals surface area contributed by atoms with Crippen molar-refractivity contribution in [1.29, 1.82) is 0 Å². The van der Waals surface area contributed by atoms with Gasteiger partial charge in [0.1, 0.15) is 0 Å². The van der Waals surface area contributed by atoms with Gasteiger partial charge >= 0.3 is 0 Å². The third-order valence-corrected chi connectivity index (χ3v) is 3.50. The zero-order valence-corrected chi connectivity index (χ0v) is 11.3. The van der Waals surface area contributed by atoms with Crippen LogP contribution in [0, 0.1) is 0 Å². The van der Waals surface area contributed by atoms with Crippen molar-refractivity contribution in [1.82, 2.24) is 20.0 Å². The molecule has 100 valence electrons. The van der Waals surface area contributed by atoms with Crippen LogP contribution in [-0.4, -0.2) is 40.4 Å². The highest BCUT2D eigenvalue weighted by molar-refractivity contribution is 5.30. The van der Waals surface area contributed by atoms with E-state index in [9.17, 15) is 0 Å². The number of piperazine rings is 1. The van der Waals surface area contributed by atoms with Gasteiger partial charge in [-0.2, -0.15) is 5.10 Å². The van der Waals surface area contributed by atoms with Crippen molar-refractivity contribution in [2.45, 2.75) is 19.5 Å². The van der Waals surface area contributed by atoms with Gasteiger partial charge in [0, 0.05) is 38.4 Å². The van der Waals surface area contributed by atoms with Crippen LogP contribution in [0.3, 0.4) is 0 Å². The Morgan fingerprint density at radius 2 is 2.11 bits per heavy atom. The standard InChI is InChI=1S/C15H20N4/c1-13-11-18(10-8-16-13)12-14-7-9-19(17-14)15-5-3-2-4-6-15/h2-7,9,13,16H,8,10-12H2,1H3/t13-/m0/s1. The second kappa shape index (κ2) is 5.55. The lowest BCUT2D eigenvalue weighted by atomic mass is 10.2. The predicted molar refractivity (Wildman–Crippen MR) is 76.3 cm³/mol. The van der Waals surface area contributed by atoms with E-state index >= 15 is 0 Å². The first-order valence-corrected chi connectivity index (χ1v) is 6.87. The molecule has 0 unspecified atom stereocenters. The van der Waals surface area contributed by atoms with Crippen LogP contribution in [0.15, 0.2) is 42.6 Å². The largest absolute Gasteiger partial charge is 0.312 e. The van der Waals surface area contributed by atoms with Gasteiger partial charge in [0.25, 0.3) is 0 Å². The van der Waals surface area contributed by atoms with Crippen molar-refractivity contribution in [3.05, 3.63) is 48.3 Å². The Bertz CT molecular complexity index is 520. The summed E-state index contributed by atoms with van der Waals surface area (Å²) in [6, 6.07) is 12.9. The van der Waals surface area contributed by atoms with Gasteiger partial charge in [-0.3, -0.25) is 4.90 Å². The third kappa shape index (κ3) is 3.03. The van der Waals surface area contributed by atoms with E-state index in [4.69, 9.17) is 0 Å². The van der Waals surface area contributed by atoms with Crippen LogP contribution in [0.4, 0.5) is 0 Å². The maximum atomic E-state index is 4.65. The number of benzene rings is 1. The molecule has 1 aromatic carbocycles. The summed E-state index contributed by atoms with van der Waals surface area (Å²) in [6.45, 7) is 6.43. The number of nitrogens with one attached hydrogen (secondary N) is 1. The monoisotopic (exact) mass is 256 g/mol. The molecular weight excluding hydrogens is 236 g/mol. The number of hydrogen-bond acceptors (Lipinski definition) is 3. The summed E-state index contributed by atoms with van der Waals surface area (Å²) in [6.07, 6.45) is 2.04. The summed E-state index contributed by atoms with van der Waals surface area (Å²) in [4.78, 5) is 2.46. The summed E-state index contributed by atoms with van der Waals surface area (Å²) in [5.41, 5.74) is 2.25. The van der Waals surface area contributed by atoms with E-state index < -0.39 is 0 Å². The zero-order chi connectivity index (χ0) is 13.1. The Balaban J connectivity index is 1.68. The second-order valence-corrected chi connectivity index (χ2v) is 5.18. The average Bonchev–Trinajstić information content (AvgIpc) is 2.88. The van der Waals surface area contributed by atoms with E-state index in [-0.39, 0.29) is 0 Å². The fourth-order valence-electron chi connectivity index (χ4n) is 2.56. The fourth-order valence-corrected chi connectivity index (χ4v) is 2.56. The molecule has 0 amide bonds. The summed E-state index contributed by atoms with van der Waals surface area (Å²) >= 11 is 0. The van der Waals surface area contributed by atoms with Gasteiger partial charge in [0.2, 0.25) is 0 Å². The molecule has 2 heterocycles. The predicted octanol–water partition coefficient (Wildman–Crippen LogP) is 1.67. The summed E-state index contributed by atoms with van der Waals surface area (Å²) in [5.74, 6) is 0. The molecule has 2 aromatic rings. The van der Waals surface area contributed by atoms with E-state index in [0.29, 0.717) is 6.04 Å². The lowest BCUT2D eigenvalue weighted by Gasteiger charge is -2.31. The Morgan fingerprint density at radius 3 is 2.89 bits per heavy atom. The van der Waals surface area contributed by atoms with Gasteiger partial charge in [0.05, 0.1) is 11.4 Å². The van der Waals surface area contributed by atoms with Gasteiger partial charge in [-0.25, -0.2) is 4.68 Å². The van der Waals surface area contributed by atoms with Gasteiger partial charge in [0.15, 0.2) is 0 Å². The first-order valence-electron chi connectivity index (χ1n) is 6.87. The highest BCUT2D eigenvalue weighted by atomic mass is 15.3. The van der Waals surface area contributed by atoms with Crippen LogP contribution < -0.4 is 5.32 Å². The molecule has 3 rings (SSSR count). The fraction of sp³-hybridized carbons (Fsp3) is 0.400. The van der Waals surface area contributed by atoms with Gasteiger partial charge in [-0.15, -0.1) is 0 Å². The molecule has 0 bridgehead atoms. The lowest BCUT2D eigenvalue weighted by molar-refractivity contribution is 0.197. The molecule has 0 saturated carbocycles. The molecule has 1 saturated heterocycles. The van der Waals surface area contributed by atoms with Crippen LogP contribution in [0.25, 0.3) is 5.69 Å². The molecule has 1 aliphatic rings. The maximum absolute atomic E-state index is 4.65. The highest BCUT2D eigenvalue weighted by Crippen LogP contribution is 2.09. The lowest BCUT2D eigenvalue weighted by Crippen LogP contribution is -2.48. The Kier molecular flexibility index (Phi) is 3.62. The second-order valence-electron chi connectivity index (χ2n) is 5.18. The van der Waals surface area contributed by atoms with Crippen molar-refractivity contribution < 1.29 is 0 Å². The van der Waals surface area contributed by atoms with Crippen molar-refractivity contribution >= 4 is 0 Å². The number of nitrogens with zero attached hydrogens (tertiary/aromatic N) is 3. The SMILES string of the molecule is C[C@H]1CN(Cc2ccn(-c3ccccc3)n2)CCN1. The number of aromatic nitrogens is 2. The first kappa shape index (κ1) is 12.4. The molecule has 0 radical (unpaired) electrons. The topological polar surface area (TPSA) is 33.1 Å². The number of hydrogen-bond donors (Lipinski definition) is 1. The first-order chi connectivity index (χ1) is 9.31. The van der Waals surface area contributed by atoms with Gasteiger partial charge in [-0.05, 0) is 25.1 Å². The van der Waals surface area contributed by atoms with Crippen LogP contribution in [0.1, 0.15) is 12.6 Å². The highest BCUT2D eigenvalue weighted by Gasteiger charge is 2.16. The minimum absolute atomic E-state index is 0.574. The van der Waals surface area contributed by atoms with Gasteiger partial charge < -0.3 is 5.32 Å². The molecule has 1 atom stereocenters. The Morgan fingerprint density at radius 1 is 1.26 bits per heavy atom. The summed E-state index contributed by atoms with van der Waals surface area (Å²) in [7, 11) is 0. The molecule has 0 spiro atoms. The molecule has 4 nitrogen and oxygen atoms in total. The number of para-hydroxylation sites is 1. The van der Waals surface area contributed by atoms with Gasteiger partial charge in [-0.1, -0.05) is 18.2 Å². The molecular formula is C15H20N4. The molecule has 1 fully saturated rings. The molecule has 0 aliphatic carbocycles. The van der Waals surface area contributed by atoms with E-state index in [1.54, 1.807) is 0 Å². The van der Waals surface area contributed by atoms with E-state index in [1.165, 1.54) is 0 Å². The zero-order valence-electron chi connectivity index (χ0n) is 11.3. The molecule has 1 aliphatic heterocycles. The van der Waals surface area contributed by atoms with Crippen LogP contribution >= 0.6 is 0 Å². The molecule has 4 heteroatoms. The average molecular weight is 256 g/mol. The third-order valence-electron chi connectivity index (χ3n) is 3.50. The normalized spacial score (nSPS) is 20.6.